The molecule has 2 saturated carbocycles. The molecular weight excluding hydrogens is 238 g/mol. The Kier molecular flexibility index (Phi) is 3.51. The number of aromatic nitrogens is 1. The summed E-state index contributed by atoms with van der Waals surface area (Å²) < 4.78 is 0. The van der Waals surface area contributed by atoms with Crippen LogP contribution in [0.5, 0.6) is 0 Å². The summed E-state index contributed by atoms with van der Waals surface area (Å²) in [5, 5.41) is 3.00. The summed E-state index contributed by atoms with van der Waals surface area (Å²) in [5.74, 6) is 1.36. The molecule has 4 heteroatoms. The maximum Gasteiger partial charge on any atom is 0.227 e. The Morgan fingerprint density at radius 1 is 1.21 bits per heavy atom. The van der Waals surface area contributed by atoms with E-state index >= 15 is 0 Å². The van der Waals surface area contributed by atoms with E-state index in [0.29, 0.717) is 17.9 Å². The topological polar surface area (TPSA) is 68.0 Å². The first-order valence-electron chi connectivity index (χ1n) is 7.20. The van der Waals surface area contributed by atoms with Gasteiger partial charge < -0.3 is 11.1 Å². The van der Waals surface area contributed by atoms with Crippen molar-refractivity contribution in [2.45, 2.75) is 38.1 Å². The molecule has 2 atom stereocenters. The highest BCUT2D eigenvalue weighted by Gasteiger charge is 2.40. The zero-order valence-corrected chi connectivity index (χ0v) is 11.1. The summed E-state index contributed by atoms with van der Waals surface area (Å²) in [6.45, 7) is 0. The fourth-order valence-corrected chi connectivity index (χ4v) is 3.68. The predicted molar refractivity (Wildman–Crippen MR) is 74.4 cm³/mol. The van der Waals surface area contributed by atoms with Crippen LogP contribution in [0.25, 0.3) is 0 Å². The van der Waals surface area contributed by atoms with Gasteiger partial charge in [-0.2, -0.15) is 0 Å². The highest BCUT2D eigenvalue weighted by atomic mass is 16.1. The van der Waals surface area contributed by atoms with Crippen molar-refractivity contribution in [1.29, 1.82) is 0 Å². The fraction of sp³-hybridized carbons (Fsp3) is 0.600. The van der Waals surface area contributed by atoms with Crippen LogP contribution in [0.3, 0.4) is 0 Å². The predicted octanol–water partition coefficient (Wildman–Crippen LogP) is 2.17. The third kappa shape index (κ3) is 2.63. The number of anilines is 1. The van der Waals surface area contributed by atoms with Gasteiger partial charge in [0, 0.05) is 30.0 Å². The lowest BCUT2D eigenvalue weighted by Crippen LogP contribution is -2.48. The second-order valence-electron chi connectivity index (χ2n) is 5.92. The number of carbonyl (C=O) groups excluding carboxylic acids is 1. The minimum absolute atomic E-state index is 0.128. The van der Waals surface area contributed by atoms with Gasteiger partial charge in [0.15, 0.2) is 0 Å². The second kappa shape index (κ2) is 5.29. The molecule has 1 heterocycles. The van der Waals surface area contributed by atoms with Gasteiger partial charge in [0.2, 0.25) is 5.91 Å². The summed E-state index contributed by atoms with van der Waals surface area (Å²) in [7, 11) is 0. The largest absolute Gasteiger partial charge is 0.327 e. The average Bonchev–Trinajstić information content (AvgIpc) is 2.39. The number of nitrogens with zero attached hydrogens (tertiary/aromatic N) is 1. The Bertz CT molecular complexity index is 434. The molecule has 3 N–H and O–H groups in total. The first-order chi connectivity index (χ1) is 9.24. The smallest absolute Gasteiger partial charge is 0.227 e. The number of carbonyl (C=O) groups is 1. The van der Waals surface area contributed by atoms with Gasteiger partial charge in [-0.15, -0.1) is 0 Å². The summed E-state index contributed by atoms with van der Waals surface area (Å²) in [5.41, 5.74) is 7.09. The molecule has 4 nitrogen and oxygen atoms in total. The van der Waals surface area contributed by atoms with E-state index in [2.05, 4.69) is 10.3 Å². The van der Waals surface area contributed by atoms with E-state index in [0.717, 1.165) is 18.5 Å². The van der Waals surface area contributed by atoms with Crippen LogP contribution < -0.4 is 11.1 Å². The average molecular weight is 259 g/mol. The molecule has 1 aromatic rings. The van der Waals surface area contributed by atoms with Crippen molar-refractivity contribution in [3.05, 3.63) is 24.5 Å². The quantitative estimate of drug-likeness (QED) is 0.855. The van der Waals surface area contributed by atoms with E-state index in [1.807, 2.05) is 12.1 Å². The van der Waals surface area contributed by atoms with Gasteiger partial charge in [0.05, 0.1) is 0 Å². The molecule has 1 amide bonds. The third-order valence-electron chi connectivity index (χ3n) is 4.73. The molecule has 0 saturated heterocycles. The SMILES string of the molecule is NC1C2CCCC1CC(C(=O)Nc1ccncc1)C2. The van der Waals surface area contributed by atoms with Crippen molar-refractivity contribution >= 4 is 11.6 Å². The Labute approximate surface area is 113 Å². The Morgan fingerprint density at radius 2 is 1.84 bits per heavy atom. The maximum atomic E-state index is 12.3. The first kappa shape index (κ1) is 12.6. The number of hydrogen-bond donors (Lipinski definition) is 2. The highest BCUT2D eigenvalue weighted by Crippen LogP contribution is 2.42. The van der Waals surface area contributed by atoms with Crippen LogP contribution in [-0.4, -0.2) is 16.9 Å². The van der Waals surface area contributed by atoms with Crippen molar-refractivity contribution in [3.8, 4) is 0 Å². The van der Waals surface area contributed by atoms with Crippen LogP contribution in [0.2, 0.25) is 0 Å². The van der Waals surface area contributed by atoms with Gasteiger partial charge in [0.1, 0.15) is 0 Å². The van der Waals surface area contributed by atoms with Crippen LogP contribution in [0, 0.1) is 17.8 Å². The van der Waals surface area contributed by atoms with E-state index in [4.69, 9.17) is 5.73 Å². The zero-order valence-electron chi connectivity index (χ0n) is 11.1. The summed E-state index contributed by atoms with van der Waals surface area (Å²) in [4.78, 5) is 16.3. The van der Waals surface area contributed by atoms with Gasteiger partial charge in [-0.25, -0.2) is 0 Å². The van der Waals surface area contributed by atoms with Crippen LogP contribution in [0.1, 0.15) is 32.1 Å². The van der Waals surface area contributed by atoms with Crippen molar-refractivity contribution in [2.75, 3.05) is 5.32 Å². The molecule has 2 fully saturated rings. The normalized spacial score (nSPS) is 33.7. The number of amides is 1. The number of pyridine rings is 1. The molecular formula is C15H21N3O. The summed E-state index contributed by atoms with van der Waals surface area (Å²) >= 11 is 0. The van der Waals surface area contributed by atoms with Crippen LogP contribution in [-0.2, 0) is 4.79 Å². The minimum Gasteiger partial charge on any atom is -0.327 e. The molecule has 0 spiro atoms. The molecule has 2 unspecified atom stereocenters. The molecule has 19 heavy (non-hydrogen) atoms. The highest BCUT2D eigenvalue weighted by molar-refractivity contribution is 5.92. The molecule has 1 aromatic heterocycles. The van der Waals surface area contributed by atoms with Crippen molar-refractivity contribution < 1.29 is 4.79 Å². The van der Waals surface area contributed by atoms with Crippen molar-refractivity contribution in [2.24, 2.45) is 23.5 Å². The molecule has 0 radical (unpaired) electrons. The van der Waals surface area contributed by atoms with Gasteiger partial charge in [-0.1, -0.05) is 6.42 Å². The number of nitrogens with two attached hydrogens (primary N) is 1. The molecule has 0 aliphatic heterocycles. The van der Waals surface area contributed by atoms with Gasteiger partial charge in [-0.05, 0) is 49.7 Å². The second-order valence-corrected chi connectivity index (χ2v) is 5.92. The minimum atomic E-state index is 0.128. The fourth-order valence-electron chi connectivity index (χ4n) is 3.68. The number of rotatable bonds is 2. The molecule has 3 rings (SSSR count). The van der Waals surface area contributed by atoms with Crippen LogP contribution >= 0.6 is 0 Å². The van der Waals surface area contributed by atoms with Gasteiger partial charge in [0.25, 0.3) is 0 Å². The molecule has 0 aromatic carbocycles. The van der Waals surface area contributed by atoms with E-state index < -0.39 is 0 Å². The van der Waals surface area contributed by atoms with Crippen molar-refractivity contribution in [3.63, 3.8) is 0 Å². The van der Waals surface area contributed by atoms with Crippen LogP contribution in [0.15, 0.2) is 24.5 Å². The Hall–Kier alpha value is -1.42. The first-order valence-corrected chi connectivity index (χ1v) is 7.20. The van der Waals surface area contributed by atoms with Gasteiger partial charge >= 0.3 is 0 Å². The van der Waals surface area contributed by atoms with E-state index in [9.17, 15) is 4.79 Å². The lowest BCUT2D eigenvalue weighted by molar-refractivity contribution is -0.122. The number of hydrogen-bond acceptors (Lipinski definition) is 3. The lowest BCUT2D eigenvalue weighted by atomic mass is 9.65. The zero-order chi connectivity index (χ0) is 13.2. The Balaban J connectivity index is 1.65. The molecule has 2 aliphatic carbocycles. The monoisotopic (exact) mass is 259 g/mol. The van der Waals surface area contributed by atoms with Crippen molar-refractivity contribution in [1.82, 2.24) is 4.98 Å². The molecule has 2 aliphatic rings. The lowest BCUT2D eigenvalue weighted by Gasteiger charge is -2.43. The number of nitrogens with one attached hydrogen (secondary N) is 1. The van der Waals surface area contributed by atoms with E-state index in [1.54, 1.807) is 12.4 Å². The van der Waals surface area contributed by atoms with E-state index in [1.165, 1.54) is 19.3 Å². The van der Waals surface area contributed by atoms with E-state index in [-0.39, 0.29) is 11.8 Å². The molecule has 102 valence electrons. The van der Waals surface area contributed by atoms with Gasteiger partial charge in [-0.3, -0.25) is 9.78 Å². The van der Waals surface area contributed by atoms with Crippen LogP contribution in [0.4, 0.5) is 5.69 Å². The number of fused-ring (bicyclic) bond motifs is 2. The molecule has 2 bridgehead atoms. The third-order valence-corrected chi connectivity index (χ3v) is 4.73. The standard InChI is InChI=1S/C15H21N3O/c16-14-10-2-1-3-11(14)9-12(8-10)15(19)18-13-4-6-17-7-5-13/h4-7,10-12,14H,1-3,8-9,16H2,(H,17,18,19). The summed E-state index contributed by atoms with van der Waals surface area (Å²) in [6.07, 6.45) is 8.96. The summed E-state index contributed by atoms with van der Waals surface area (Å²) in [6, 6.07) is 3.97. The maximum absolute atomic E-state index is 12.3. The Morgan fingerprint density at radius 3 is 2.47 bits per heavy atom.